The summed E-state index contributed by atoms with van der Waals surface area (Å²) in [6, 6.07) is 20.3. The van der Waals surface area contributed by atoms with Crippen molar-refractivity contribution < 1.29 is 14.7 Å². The van der Waals surface area contributed by atoms with E-state index in [9.17, 15) is 14.7 Å². The summed E-state index contributed by atoms with van der Waals surface area (Å²) in [5.74, 6) is -1.75. The Morgan fingerprint density at radius 3 is 2.61 bits per heavy atom. The number of amides is 1. The Morgan fingerprint density at radius 2 is 1.88 bits per heavy atom. The lowest BCUT2D eigenvalue weighted by atomic mass is 9.89. The van der Waals surface area contributed by atoms with E-state index in [2.05, 4.69) is 17.6 Å². The Labute approximate surface area is 197 Å². The van der Waals surface area contributed by atoms with Crippen LogP contribution in [0.4, 0.5) is 11.4 Å². The van der Waals surface area contributed by atoms with Gasteiger partial charge < -0.3 is 15.7 Å². The van der Waals surface area contributed by atoms with Crippen molar-refractivity contribution in [1.29, 1.82) is 0 Å². The molecule has 1 unspecified atom stereocenters. The van der Waals surface area contributed by atoms with Crippen LogP contribution in [-0.2, 0) is 22.6 Å². The van der Waals surface area contributed by atoms with Crippen molar-refractivity contribution >= 4 is 40.6 Å². The summed E-state index contributed by atoms with van der Waals surface area (Å²) >= 11 is 6.12. The summed E-state index contributed by atoms with van der Waals surface area (Å²) < 4.78 is 0. The number of benzene rings is 3. The predicted octanol–water partition coefficient (Wildman–Crippen LogP) is 4.93. The maximum atomic E-state index is 13.0. The minimum Gasteiger partial charge on any atom is -0.481 e. The summed E-state index contributed by atoms with van der Waals surface area (Å²) in [5.41, 5.74) is 5.20. The monoisotopic (exact) mass is 461 g/mol. The van der Waals surface area contributed by atoms with Gasteiger partial charge in [-0.15, -0.1) is 0 Å². The van der Waals surface area contributed by atoms with Crippen molar-refractivity contribution in [1.82, 2.24) is 5.32 Å². The van der Waals surface area contributed by atoms with Crippen LogP contribution in [-0.4, -0.2) is 29.2 Å². The molecule has 1 amide bonds. The number of hydrogen-bond acceptors (Lipinski definition) is 4. The minimum atomic E-state index is -0.916. The van der Waals surface area contributed by atoms with Gasteiger partial charge in [0.2, 0.25) is 5.91 Å². The lowest BCUT2D eigenvalue weighted by Gasteiger charge is -2.15. The highest BCUT2D eigenvalue weighted by atomic mass is 35.5. The number of fused-ring (bicyclic) bond motifs is 1. The second kappa shape index (κ2) is 9.98. The van der Waals surface area contributed by atoms with Crippen LogP contribution in [0.25, 0.3) is 0 Å². The number of hydrogen-bond donors (Lipinski definition) is 3. The number of anilines is 1. The van der Waals surface area contributed by atoms with E-state index < -0.39 is 11.9 Å². The molecule has 0 radical (unpaired) electrons. The minimum absolute atomic E-state index is 0.108. The van der Waals surface area contributed by atoms with E-state index in [1.807, 2.05) is 36.4 Å². The number of carboxylic acid groups (broad SMARTS) is 1. The lowest BCUT2D eigenvalue weighted by molar-refractivity contribution is -0.136. The summed E-state index contributed by atoms with van der Waals surface area (Å²) in [5, 5.41) is 15.9. The molecule has 0 bridgehead atoms. The Bertz CT molecular complexity index is 1220. The number of aliphatic carboxylic acids is 1. The molecule has 6 nitrogen and oxygen atoms in total. The largest absolute Gasteiger partial charge is 0.481 e. The second-order valence-electron chi connectivity index (χ2n) is 7.87. The molecule has 0 spiro atoms. The predicted molar refractivity (Wildman–Crippen MR) is 131 cm³/mol. The van der Waals surface area contributed by atoms with Crippen molar-refractivity contribution in [3.63, 3.8) is 0 Å². The fraction of sp³-hybridized carbons (Fsp3) is 0.192. The second-order valence-corrected chi connectivity index (χ2v) is 8.30. The molecular formula is C26H24ClN3O3. The molecular weight excluding hydrogens is 438 g/mol. The van der Waals surface area contributed by atoms with Crippen LogP contribution >= 0.6 is 11.6 Å². The Morgan fingerprint density at radius 1 is 1.09 bits per heavy atom. The third kappa shape index (κ3) is 5.30. The third-order valence-corrected chi connectivity index (χ3v) is 5.70. The van der Waals surface area contributed by atoms with Gasteiger partial charge in [-0.1, -0.05) is 54.9 Å². The van der Waals surface area contributed by atoms with Gasteiger partial charge in [0.05, 0.1) is 17.8 Å². The van der Waals surface area contributed by atoms with E-state index in [-0.39, 0.29) is 12.3 Å². The molecule has 3 aromatic carbocycles. The maximum absolute atomic E-state index is 13.0. The SMILES string of the molecule is CCNCc1ccc(N=C(c2cccc(CC(=O)O)c2)C2C(=O)Nc3cc(Cl)ccc32)cc1. The molecule has 0 aliphatic carbocycles. The Kier molecular flexibility index (Phi) is 6.87. The Balaban J connectivity index is 1.79. The van der Waals surface area contributed by atoms with Crippen molar-refractivity contribution in [3.8, 4) is 0 Å². The molecule has 0 aromatic heterocycles. The highest BCUT2D eigenvalue weighted by Crippen LogP contribution is 2.37. The number of carboxylic acids is 1. The molecule has 1 aliphatic heterocycles. The van der Waals surface area contributed by atoms with Gasteiger partial charge in [-0.3, -0.25) is 14.6 Å². The van der Waals surface area contributed by atoms with E-state index in [0.717, 1.165) is 24.2 Å². The molecule has 0 saturated carbocycles. The first-order valence-electron chi connectivity index (χ1n) is 10.7. The first-order chi connectivity index (χ1) is 15.9. The average Bonchev–Trinajstić information content (AvgIpc) is 3.11. The molecule has 33 heavy (non-hydrogen) atoms. The third-order valence-electron chi connectivity index (χ3n) is 5.46. The van der Waals surface area contributed by atoms with Crippen LogP contribution in [0.3, 0.4) is 0 Å². The van der Waals surface area contributed by atoms with E-state index in [4.69, 9.17) is 16.6 Å². The quantitative estimate of drug-likeness (QED) is 0.415. The molecule has 3 N–H and O–H groups in total. The number of carbonyl (C=O) groups excluding carboxylic acids is 1. The van der Waals surface area contributed by atoms with E-state index >= 15 is 0 Å². The molecule has 1 atom stereocenters. The highest BCUT2D eigenvalue weighted by molar-refractivity contribution is 6.31. The van der Waals surface area contributed by atoms with Crippen LogP contribution < -0.4 is 10.6 Å². The smallest absolute Gasteiger partial charge is 0.307 e. The van der Waals surface area contributed by atoms with Crippen molar-refractivity contribution in [2.45, 2.75) is 25.8 Å². The first-order valence-corrected chi connectivity index (χ1v) is 11.1. The highest BCUT2D eigenvalue weighted by Gasteiger charge is 2.35. The van der Waals surface area contributed by atoms with Gasteiger partial charge in [0.25, 0.3) is 0 Å². The number of aliphatic imine (C=N–C) groups is 1. The van der Waals surface area contributed by atoms with Gasteiger partial charge in [0.1, 0.15) is 5.92 Å². The van der Waals surface area contributed by atoms with Crippen LogP contribution in [0.15, 0.2) is 71.7 Å². The zero-order chi connectivity index (χ0) is 23.4. The zero-order valence-corrected chi connectivity index (χ0v) is 18.9. The van der Waals surface area contributed by atoms with Crippen molar-refractivity contribution in [3.05, 3.63) is 94.0 Å². The number of halogens is 1. The molecule has 1 aliphatic rings. The fourth-order valence-electron chi connectivity index (χ4n) is 3.91. The van der Waals surface area contributed by atoms with Crippen LogP contribution in [0, 0.1) is 0 Å². The first kappa shape index (κ1) is 22.7. The number of rotatable bonds is 8. The molecule has 0 saturated heterocycles. The van der Waals surface area contributed by atoms with Crippen LogP contribution in [0.2, 0.25) is 5.02 Å². The molecule has 7 heteroatoms. The summed E-state index contributed by atoms with van der Waals surface area (Å²) in [6.07, 6.45) is -0.108. The van der Waals surface area contributed by atoms with Crippen molar-refractivity contribution in [2.24, 2.45) is 4.99 Å². The fourth-order valence-corrected chi connectivity index (χ4v) is 4.09. The topological polar surface area (TPSA) is 90.8 Å². The molecule has 1 heterocycles. The number of nitrogens with zero attached hydrogens (tertiary/aromatic N) is 1. The van der Waals surface area contributed by atoms with Crippen LogP contribution in [0.5, 0.6) is 0 Å². The normalized spacial score (nSPS) is 15.3. The van der Waals surface area contributed by atoms with Crippen LogP contribution in [0.1, 0.15) is 35.1 Å². The van der Waals surface area contributed by atoms with E-state index in [0.29, 0.717) is 33.2 Å². The average molecular weight is 462 g/mol. The summed E-state index contributed by atoms with van der Waals surface area (Å²) in [7, 11) is 0. The Hall–Kier alpha value is -3.48. The molecule has 3 aromatic rings. The van der Waals surface area contributed by atoms with Gasteiger partial charge in [-0.05, 0) is 59.1 Å². The summed E-state index contributed by atoms with van der Waals surface area (Å²) in [6.45, 7) is 3.71. The molecule has 168 valence electrons. The molecule has 0 fully saturated rings. The van der Waals surface area contributed by atoms with E-state index in [1.165, 1.54) is 0 Å². The zero-order valence-electron chi connectivity index (χ0n) is 18.1. The molecule has 4 rings (SSSR count). The van der Waals surface area contributed by atoms with Gasteiger partial charge in [-0.25, -0.2) is 0 Å². The lowest BCUT2D eigenvalue weighted by Crippen LogP contribution is -2.22. The number of nitrogens with one attached hydrogen (secondary N) is 2. The van der Waals surface area contributed by atoms with Gasteiger partial charge in [0.15, 0.2) is 0 Å². The summed E-state index contributed by atoms with van der Waals surface area (Å²) in [4.78, 5) is 29.2. The maximum Gasteiger partial charge on any atom is 0.307 e. The standard InChI is InChI=1S/C26H24ClN3O3/c1-2-28-15-16-6-9-20(10-7-16)29-25(18-5-3-4-17(12-18)13-23(31)32)24-21-11-8-19(27)14-22(21)30-26(24)33/h3-12,14,24,28H,2,13,15H2,1H3,(H,30,33)(H,31,32). The van der Waals surface area contributed by atoms with Gasteiger partial charge in [0, 0.05) is 17.3 Å². The van der Waals surface area contributed by atoms with Crippen molar-refractivity contribution in [2.75, 3.05) is 11.9 Å². The van der Waals surface area contributed by atoms with Gasteiger partial charge >= 0.3 is 5.97 Å². The van der Waals surface area contributed by atoms with Gasteiger partial charge in [-0.2, -0.15) is 0 Å². The number of carbonyl (C=O) groups is 2. The van der Waals surface area contributed by atoms with E-state index in [1.54, 1.807) is 30.3 Å².